The van der Waals surface area contributed by atoms with Gasteiger partial charge < -0.3 is 19.7 Å². The molecule has 0 spiro atoms. The first-order valence-electron chi connectivity index (χ1n) is 7.44. The first-order valence-corrected chi connectivity index (χ1v) is 7.44. The van der Waals surface area contributed by atoms with E-state index in [4.69, 9.17) is 4.42 Å². The zero-order chi connectivity index (χ0) is 15.5. The highest BCUT2D eigenvalue weighted by atomic mass is 16.4. The highest BCUT2D eigenvalue weighted by molar-refractivity contribution is 5.75. The second-order valence-electron chi connectivity index (χ2n) is 5.39. The number of nitrogens with zero attached hydrogens (tertiary/aromatic N) is 2. The fourth-order valence-corrected chi connectivity index (χ4v) is 2.89. The molecule has 2 amide bonds. The van der Waals surface area contributed by atoms with E-state index in [1.54, 1.807) is 17.0 Å². The van der Waals surface area contributed by atoms with E-state index in [-0.39, 0.29) is 18.7 Å². The molecule has 2 N–H and O–H groups in total. The van der Waals surface area contributed by atoms with E-state index in [0.29, 0.717) is 25.2 Å². The van der Waals surface area contributed by atoms with Gasteiger partial charge in [0.15, 0.2) is 5.58 Å². The van der Waals surface area contributed by atoms with Crippen LogP contribution in [0.5, 0.6) is 0 Å². The van der Waals surface area contributed by atoms with Crippen molar-refractivity contribution < 1.29 is 14.3 Å². The molecule has 3 rings (SSSR count). The van der Waals surface area contributed by atoms with Gasteiger partial charge in [-0.25, -0.2) is 9.59 Å². The summed E-state index contributed by atoms with van der Waals surface area (Å²) in [6.07, 6.45) is 1.74. The summed E-state index contributed by atoms with van der Waals surface area (Å²) in [5.74, 6) is -0.426. The summed E-state index contributed by atoms with van der Waals surface area (Å²) in [5, 5.41) is 12.0. The van der Waals surface area contributed by atoms with Crippen molar-refractivity contribution in [3.05, 3.63) is 34.8 Å². The summed E-state index contributed by atoms with van der Waals surface area (Å²) in [7, 11) is 0. The Kier molecular flexibility index (Phi) is 4.15. The average Bonchev–Trinajstić information content (AvgIpc) is 3.11. The molecule has 1 saturated heterocycles. The van der Waals surface area contributed by atoms with Crippen molar-refractivity contribution in [1.29, 1.82) is 0 Å². The van der Waals surface area contributed by atoms with Crippen LogP contribution in [0.3, 0.4) is 0 Å². The summed E-state index contributed by atoms with van der Waals surface area (Å²) >= 11 is 0. The number of aromatic nitrogens is 1. The van der Waals surface area contributed by atoms with Crippen LogP contribution in [0.2, 0.25) is 0 Å². The first-order chi connectivity index (χ1) is 10.7. The summed E-state index contributed by atoms with van der Waals surface area (Å²) < 4.78 is 6.65. The number of para-hydroxylation sites is 2. The molecule has 1 aromatic heterocycles. The number of hydrogen-bond acceptors (Lipinski definition) is 4. The summed E-state index contributed by atoms with van der Waals surface area (Å²) in [6, 6.07) is 6.89. The Morgan fingerprint density at radius 1 is 1.41 bits per heavy atom. The number of carbonyl (C=O) groups excluding carboxylic acids is 1. The van der Waals surface area contributed by atoms with Gasteiger partial charge in [-0.15, -0.1) is 0 Å². The number of nitrogens with one attached hydrogen (secondary N) is 1. The molecule has 1 atom stereocenters. The van der Waals surface area contributed by atoms with Gasteiger partial charge in [-0.05, 0) is 25.0 Å². The van der Waals surface area contributed by atoms with E-state index in [0.717, 1.165) is 18.4 Å². The Hall–Kier alpha value is -2.28. The Morgan fingerprint density at radius 3 is 3.05 bits per heavy atom. The van der Waals surface area contributed by atoms with Crippen LogP contribution in [0.4, 0.5) is 4.79 Å². The Labute approximate surface area is 127 Å². The minimum Gasteiger partial charge on any atom is -0.408 e. The van der Waals surface area contributed by atoms with Gasteiger partial charge in [-0.1, -0.05) is 12.1 Å². The maximum Gasteiger partial charge on any atom is 0.420 e. The van der Waals surface area contributed by atoms with Crippen LogP contribution in [0, 0.1) is 0 Å². The number of oxazole rings is 1. The molecule has 0 aliphatic carbocycles. The number of carbonyl (C=O) groups is 1. The van der Waals surface area contributed by atoms with Crippen molar-refractivity contribution in [3.8, 4) is 0 Å². The lowest BCUT2D eigenvalue weighted by molar-refractivity contribution is 0.157. The number of urea groups is 1. The lowest BCUT2D eigenvalue weighted by Crippen LogP contribution is -2.45. The topological polar surface area (TPSA) is 87.7 Å². The summed E-state index contributed by atoms with van der Waals surface area (Å²) in [6.45, 7) is 1.32. The van der Waals surface area contributed by atoms with Gasteiger partial charge in [-0.3, -0.25) is 4.57 Å². The van der Waals surface area contributed by atoms with E-state index in [1.165, 1.54) is 4.57 Å². The number of amides is 2. The van der Waals surface area contributed by atoms with E-state index < -0.39 is 5.76 Å². The van der Waals surface area contributed by atoms with Gasteiger partial charge >= 0.3 is 11.8 Å². The van der Waals surface area contributed by atoms with Crippen LogP contribution in [0.25, 0.3) is 11.1 Å². The molecule has 0 saturated carbocycles. The standard InChI is InChI=1S/C15H19N3O4/c19-10-11-4-3-8-17(11)14(20)16-7-9-18-12-5-1-2-6-13(12)22-15(18)21/h1-2,5-6,11,19H,3-4,7-10H2,(H,16,20). The zero-order valence-corrected chi connectivity index (χ0v) is 12.2. The minimum absolute atomic E-state index is 0.0146. The fourth-order valence-electron chi connectivity index (χ4n) is 2.89. The summed E-state index contributed by atoms with van der Waals surface area (Å²) in [5.41, 5.74) is 1.26. The van der Waals surface area contributed by atoms with Gasteiger partial charge in [0.2, 0.25) is 0 Å². The van der Waals surface area contributed by atoms with Crippen molar-refractivity contribution >= 4 is 17.1 Å². The van der Waals surface area contributed by atoms with Gasteiger partial charge in [0, 0.05) is 19.6 Å². The van der Waals surface area contributed by atoms with Gasteiger partial charge in [0.05, 0.1) is 18.2 Å². The van der Waals surface area contributed by atoms with Gasteiger partial charge in [0.1, 0.15) is 0 Å². The molecule has 1 unspecified atom stereocenters. The molecule has 1 fully saturated rings. The molecule has 7 nitrogen and oxygen atoms in total. The maximum atomic E-state index is 12.1. The summed E-state index contributed by atoms with van der Waals surface area (Å²) in [4.78, 5) is 25.5. The van der Waals surface area contributed by atoms with Crippen LogP contribution in [0.15, 0.2) is 33.5 Å². The molecule has 118 valence electrons. The fraction of sp³-hybridized carbons (Fsp3) is 0.467. The number of aliphatic hydroxyl groups excluding tert-OH is 1. The third-order valence-electron chi connectivity index (χ3n) is 4.03. The molecule has 1 aliphatic heterocycles. The SMILES string of the molecule is O=C(NCCn1c(=O)oc2ccccc21)N1CCCC1CO. The van der Waals surface area contributed by atoms with Crippen molar-refractivity contribution in [2.24, 2.45) is 0 Å². The van der Waals surface area contributed by atoms with Crippen molar-refractivity contribution in [1.82, 2.24) is 14.8 Å². The van der Waals surface area contributed by atoms with Crippen LogP contribution in [-0.4, -0.2) is 46.3 Å². The van der Waals surface area contributed by atoms with Crippen LogP contribution in [0.1, 0.15) is 12.8 Å². The maximum absolute atomic E-state index is 12.1. The van der Waals surface area contributed by atoms with Crippen molar-refractivity contribution in [2.45, 2.75) is 25.4 Å². The number of rotatable bonds is 4. The molecule has 0 bridgehead atoms. The third-order valence-corrected chi connectivity index (χ3v) is 4.03. The zero-order valence-electron chi connectivity index (χ0n) is 12.2. The second kappa shape index (κ2) is 6.23. The first kappa shape index (κ1) is 14.6. The number of likely N-dealkylation sites (tertiary alicyclic amines) is 1. The Balaban J connectivity index is 1.62. The van der Waals surface area contributed by atoms with Crippen LogP contribution in [-0.2, 0) is 6.54 Å². The molecule has 1 aliphatic rings. The minimum atomic E-state index is -0.426. The number of fused-ring (bicyclic) bond motifs is 1. The van der Waals surface area contributed by atoms with Gasteiger partial charge in [-0.2, -0.15) is 0 Å². The number of aliphatic hydroxyl groups is 1. The Bertz CT molecular complexity index is 721. The molecule has 2 aromatic rings. The highest BCUT2D eigenvalue weighted by Crippen LogP contribution is 2.16. The molecule has 0 radical (unpaired) electrons. The molecule has 22 heavy (non-hydrogen) atoms. The van der Waals surface area contributed by atoms with Crippen molar-refractivity contribution in [3.63, 3.8) is 0 Å². The third kappa shape index (κ3) is 2.71. The smallest absolute Gasteiger partial charge is 0.408 e. The number of hydrogen-bond donors (Lipinski definition) is 2. The molecular weight excluding hydrogens is 286 g/mol. The normalized spacial score (nSPS) is 18.0. The van der Waals surface area contributed by atoms with E-state index >= 15 is 0 Å². The molecule has 2 heterocycles. The Morgan fingerprint density at radius 2 is 2.23 bits per heavy atom. The highest BCUT2D eigenvalue weighted by Gasteiger charge is 2.27. The lowest BCUT2D eigenvalue weighted by atomic mass is 10.2. The quantitative estimate of drug-likeness (QED) is 0.873. The average molecular weight is 305 g/mol. The van der Waals surface area contributed by atoms with E-state index in [1.807, 2.05) is 12.1 Å². The van der Waals surface area contributed by atoms with E-state index in [9.17, 15) is 14.7 Å². The van der Waals surface area contributed by atoms with E-state index in [2.05, 4.69) is 5.32 Å². The van der Waals surface area contributed by atoms with Crippen LogP contribution < -0.4 is 11.1 Å². The molecule has 7 heteroatoms. The van der Waals surface area contributed by atoms with Crippen LogP contribution >= 0.6 is 0 Å². The lowest BCUT2D eigenvalue weighted by Gasteiger charge is -2.23. The molecule has 1 aromatic carbocycles. The predicted octanol–water partition coefficient (Wildman–Crippen LogP) is 0.761. The van der Waals surface area contributed by atoms with Gasteiger partial charge in [0.25, 0.3) is 0 Å². The van der Waals surface area contributed by atoms with Crippen molar-refractivity contribution in [2.75, 3.05) is 19.7 Å². The monoisotopic (exact) mass is 305 g/mol. The largest absolute Gasteiger partial charge is 0.420 e. The number of benzene rings is 1. The predicted molar refractivity (Wildman–Crippen MR) is 80.7 cm³/mol. The molecular formula is C15H19N3O4. The second-order valence-corrected chi connectivity index (χ2v) is 5.39.